The molecule has 0 aromatic carbocycles. The number of hydrogen-bond donors (Lipinski definition) is 0. The van der Waals surface area contributed by atoms with Gasteiger partial charge >= 0.3 is 0 Å². The zero-order valence-electron chi connectivity index (χ0n) is 9.66. The summed E-state index contributed by atoms with van der Waals surface area (Å²) in [7, 11) is 4.23. The van der Waals surface area contributed by atoms with Crippen LogP contribution in [0.15, 0.2) is 6.08 Å². The molecule has 0 saturated carbocycles. The van der Waals surface area contributed by atoms with Crippen LogP contribution in [0.4, 0.5) is 0 Å². The lowest BCUT2D eigenvalue weighted by atomic mass is 10.1. The minimum absolute atomic E-state index is 0.545. The van der Waals surface area contributed by atoms with Gasteiger partial charge in [0.2, 0.25) is 0 Å². The standard InChI is InChI=1S/C12H18N2S/c1-9(8-14(2)3)12-13-10-6-4-5-7-11(10)15-12/h4,6,9H,5,7-8H2,1-3H3. The number of rotatable bonds is 3. The highest BCUT2D eigenvalue weighted by Crippen LogP contribution is 2.29. The van der Waals surface area contributed by atoms with Crippen molar-refractivity contribution < 1.29 is 0 Å². The van der Waals surface area contributed by atoms with Crippen LogP contribution in [0.3, 0.4) is 0 Å². The van der Waals surface area contributed by atoms with Gasteiger partial charge in [-0.15, -0.1) is 11.3 Å². The predicted molar refractivity (Wildman–Crippen MR) is 66.4 cm³/mol. The molecule has 0 amide bonds. The van der Waals surface area contributed by atoms with Gasteiger partial charge < -0.3 is 4.90 Å². The third-order valence-electron chi connectivity index (χ3n) is 2.62. The number of nitrogens with zero attached hydrogens (tertiary/aromatic N) is 2. The summed E-state index contributed by atoms with van der Waals surface area (Å²) in [5.41, 5.74) is 1.21. The topological polar surface area (TPSA) is 16.1 Å². The number of hydrogen-bond acceptors (Lipinski definition) is 3. The Labute approximate surface area is 95.6 Å². The first-order valence-corrected chi connectivity index (χ1v) is 6.29. The molecule has 1 heterocycles. The molecule has 0 bridgehead atoms. The molecule has 1 unspecified atom stereocenters. The Balaban J connectivity index is 2.15. The Morgan fingerprint density at radius 1 is 1.53 bits per heavy atom. The molecular formula is C12H18N2S. The Hall–Kier alpha value is -0.670. The molecular weight excluding hydrogens is 204 g/mol. The van der Waals surface area contributed by atoms with E-state index in [-0.39, 0.29) is 0 Å². The highest BCUT2D eigenvalue weighted by molar-refractivity contribution is 7.11. The number of fused-ring (bicyclic) bond motifs is 1. The lowest BCUT2D eigenvalue weighted by Gasteiger charge is -2.14. The molecule has 1 aromatic rings. The molecule has 1 aliphatic rings. The predicted octanol–water partition coefficient (Wildman–Crippen LogP) is 2.77. The van der Waals surface area contributed by atoms with Crippen molar-refractivity contribution in [2.24, 2.45) is 0 Å². The normalized spacial score (nSPS) is 16.8. The molecule has 1 atom stereocenters. The van der Waals surface area contributed by atoms with Crippen LogP contribution in [0.1, 0.15) is 34.8 Å². The monoisotopic (exact) mass is 222 g/mol. The maximum atomic E-state index is 4.71. The van der Waals surface area contributed by atoms with Crippen LogP contribution in [0.5, 0.6) is 0 Å². The lowest BCUT2D eigenvalue weighted by Crippen LogP contribution is -2.18. The van der Waals surface area contributed by atoms with E-state index in [9.17, 15) is 0 Å². The largest absolute Gasteiger partial charge is 0.309 e. The molecule has 0 radical (unpaired) electrons. The molecule has 1 aromatic heterocycles. The van der Waals surface area contributed by atoms with Gasteiger partial charge in [0.05, 0.1) is 10.7 Å². The van der Waals surface area contributed by atoms with Crippen LogP contribution in [-0.4, -0.2) is 30.5 Å². The van der Waals surface area contributed by atoms with Gasteiger partial charge in [-0.1, -0.05) is 13.0 Å². The lowest BCUT2D eigenvalue weighted by molar-refractivity contribution is 0.382. The van der Waals surface area contributed by atoms with Crippen LogP contribution in [0.25, 0.3) is 6.08 Å². The third kappa shape index (κ3) is 2.47. The van der Waals surface area contributed by atoms with Crippen LogP contribution in [-0.2, 0) is 6.42 Å². The fourth-order valence-corrected chi connectivity index (χ4v) is 3.05. The molecule has 3 heteroatoms. The second kappa shape index (κ2) is 4.45. The number of likely N-dealkylation sites (N-methyl/N-ethyl adjacent to an activating group) is 1. The summed E-state index contributed by atoms with van der Waals surface area (Å²) in [6.07, 6.45) is 6.75. The Morgan fingerprint density at radius 2 is 2.33 bits per heavy atom. The van der Waals surface area contributed by atoms with E-state index in [0.29, 0.717) is 5.92 Å². The van der Waals surface area contributed by atoms with E-state index < -0.39 is 0 Å². The van der Waals surface area contributed by atoms with Crippen molar-refractivity contribution in [2.75, 3.05) is 20.6 Å². The van der Waals surface area contributed by atoms with Crippen molar-refractivity contribution in [3.8, 4) is 0 Å². The van der Waals surface area contributed by atoms with Crippen molar-refractivity contribution >= 4 is 17.4 Å². The van der Waals surface area contributed by atoms with E-state index in [4.69, 9.17) is 4.98 Å². The molecule has 0 spiro atoms. The molecule has 2 rings (SSSR count). The number of aromatic nitrogens is 1. The smallest absolute Gasteiger partial charge is 0.0976 e. The second-order valence-corrected chi connectivity index (χ2v) is 5.58. The van der Waals surface area contributed by atoms with Crippen LogP contribution >= 0.6 is 11.3 Å². The van der Waals surface area contributed by atoms with E-state index in [1.54, 1.807) is 0 Å². The maximum Gasteiger partial charge on any atom is 0.0976 e. The van der Waals surface area contributed by atoms with Crippen molar-refractivity contribution in [3.63, 3.8) is 0 Å². The SMILES string of the molecule is CC(CN(C)C)c1nc2c(s1)CCC=C2. The Bertz CT molecular complexity index is 366. The van der Waals surface area contributed by atoms with Crippen molar-refractivity contribution in [3.05, 3.63) is 21.7 Å². The van der Waals surface area contributed by atoms with Crippen molar-refractivity contribution in [1.29, 1.82) is 0 Å². The van der Waals surface area contributed by atoms with E-state index in [1.165, 1.54) is 28.4 Å². The van der Waals surface area contributed by atoms with Crippen LogP contribution in [0, 0.1) is 0 Å². The first-order valence-electron chi connectivity index (χ1n) is 5.47. The summed E-state index contributed by atoms with van der Waals surface area (Å²) in [5, 5.41) is 1.29. The molecule has 2 nitrogen and oxygen atoms in total. The average molecular weight is 222 g/mol. The zero-order valence-corrected chi connectivity index (χ0v) is 10.5. The van der Waals surface area contributed by atoms with Gasteiger partial charge in [-0.2, -0.15) is 0 Å². The molecule has 0 fully saturated rings. The van der Waals surface area contributed by atoms with E-state index in [1.807, 2.05) is 11.3 Å². The average Bonchev–Trinajstić information content (AvgIpc) is 2.59. The van der Waals surface area contributed by atoms with E-state index in [0.717, 1.165) is 6.54 Å². The van der Waals surface area contributed by atoms with E-state index in [2.05, 4.69) is 38.1 Å². The molecule has 15 heavy (non-hydrogen) atoms. The van der Waals surface area contributed by atoms with Crippen molar-refractivity contribution in [2.45, 2.75) is 25.7 Å². The number of thiazole rings is 1. The summed E-state index contributed by atoms with van der Waals surface area (Å²) in [5.74, 6) is 0.545. The Morgan fingerprint density at radius 3 is 3.00 bits per heavy atom. The Kier molecular flexibility index (Phi) is 3.22. The summed E-state index contributed by atoms with van der Waals surface area (Å²) in [6.45, 7) is 3.34. The summed E-state index contributed by atoms with van der Waals surface area (Å²) < 4.78 is 0. The van der Waals surface area contributed by atoms with Crippen LogP contribution in [0.2, 0.25) is 0 Å². The summed E-state index contributed by atoms with van der Waals surface area (Å²) in [4.78, 5) is 8.40. The quantitative estimate of drug-likeness (QED) is 0.782. The molecule has 82 valence electrons. The highest BCUT2D eigenvalue weighted by atomic mass is 32.1. The fourth-order valence-electron chi connectivity index (χ4n) is 1.94. The van der Waals surface area contributed by atoms with Gasteiger partial charge in [0, 0.05) is 17.3 Å². The number of allylic oxidation sites excluding steroid dienone is 1. The minimum atomic E-state index is 0.545. The molecule has 0 N–H and O–H groups in total. The zero-order chi connectivity index (χ0) is 10.8. The third-order valence-corrected chi connectivity index (χ3v) is 3.98. The molecule has 1 aliphatic carbocycles. The molecule has 0 aliphatic heterocycles. The minimum Gasteiger partial charge on any atom is -0.309 e. The maximum absolute atomic E-state index is 4.71. The number of aryl methyl sites for hydroxylation is 1. The highest BCUT2D eigenvalue weighted by Gasteiger charge is 2.16. The van der Waals surface area contributed by atoms with Gasteiger partial charge in [0.25, 0.3) is 0 Å². The first kappa shape index (κ1) is 10.8. The molecule has 0 saturated heterocycles. The van der Waals surface area contributed by atoms with Gasteiger partial charge in [0.15, 0.2) is 0 Å². The van der Waals surface area contributed by atoms with Crippen LogP contribution < -0.4 is 0 Å². The van der Waals surface area contributed by atoms with Gasteiger partial charge in [-0.05, 0) is 33.0 Å². The van der Waals surface area contributed by atoms with Crippen molar-refractivity contribution in [1.82, 2.24) is 9.88 Å². The van der Waals surface area contributed by atoms with Gasteiger partial charge in [-0.3, -0.25) is 0 Å². The summed E-state index contributed by atoms with van der Waals surface area (Å²) >= 11 is 1.90. The van der Waals surface area contributed by atoms with E-state index >= 15 is 0 Å². The summed E-state index contributed by atoms with van der Waals surface area (Å²) in [6, 6.07) is 0. The first-order chi connectivity index (χ1) is 7.16. The second-order valence-electron chi connectivity index (χ2n) is 4.46. The fraction of sp³-hybridized carbons (Fsp3) is 0.583. The van der Waals surface area contributed by atoms with Gasteiger partial charge in [-0.25, -0.2) is 4.98 Å². The van der Waals surface area contributed by atoms with Gasteiger partial charge in [0.1, 0.15) is 0 Å².